The summed E-state index contributed by atoms with van der Waals surface area (Å²) in [6.07, 6.45) is 3.16. The van der Waals surface area contributed by atoms with Crippen LogP contribution in [0, 0.1) is 20.8 Å². The quantitative estimate of drug-likeness (QED) is 0.798. The van der Waals surface area contributed by atoms with E-state index in [9.17, 15) is 4.79 Å². The van der Waals surface area contributed by atoms with Crippen LogP contribution in [0.3, 0.4) is 0 Å². The van der Waals surface area contributed by atoms with Crippen molar-refractivity contribution in [2.45, 2.75) is 33.4 Å². The summed E-state index contributed by atoms with van der Waals surface area (Å²) >= 11 is 0. The molecule has 0 aromatic carbocycles. The molecule has 24 heavy (non-hydrogen) atoms. The van der Waals surface area contributed by atoms with Gasteiger partial charge in [0.05, 0.1) is 19.3 Å². The Hall–Kier alpha value is -2.41. The number of hydrogen-bond acceptors (Lipinski definition) is 5. The van der Waals surface area contributed by atoms with Crippen LogP contribution in [0.5, 0.6) is 0 Å². The third-order valence-electron chi connectivity index (χ3n) is 3.94. The molecule has 2 aromatic rings. The van der Waals surface area contributed by atoms with Gasteiger partial charge in [0.15, 0.2) is 0 Å². The number of carbonyl (C=O) groups excluding carboxylic acids is 1. The Morgan fingerprint density at radius 3 is 2.88 bits per heavy atom. The van der Waals surface area contributed by atoms with E-state index >= 15 is 0 Å². The fourth-order valence-corrected chi connectivity index (χ4v) is 2.76. The summed E-state index contributed by atoms with van der Waals surface area (Å²) in [5.41, 5.74) is 0. The first-order valence-corrected chi connectivity index (χ1v) is 8.04. The molecule has 0 saturated carbocycles. The van der Waals surface area contributed by atoms with E-state index in [0.29, 0.717) is 32.0 Å². The summed E-state index contributed by atoms with van der Waals surface area (Å²) < 4.78 is 13.0. The second-order valence-electron chi connectivity index (χ2n) is 5.95. The van der Waals surface area contributed by atoms with E-state index in [1.54, 1.807) is 17.1 Å². The molecule has 1 amide bonds. The highest BCUT2D eigenvalue weighted by atomic mass is 16.5. The molecule has 2 aromatic heterocycles. The Morgan fingerprint density at radius 1 is 1.38 bits per heavy atom. The van der Waals surface area contributed by atoms with Crippen LogP contribution in [-0.4, -0.2) is 51.4 Å². The minimum Gasteiger partial charge on any atom is -0.462 e. The SMILES string of the molecule is Cc1nc(C)n(C[C@H]2CN(C(=O)/C=C\c3ccc(C)o3)CCO2)n1. The normalized spacial score (nSPS) is 18.5. The van der Waals surface area contributed by atoms with Crippen LogP contribution < -0.4 is 0 Å². The molecular weight excluding hydrogens is 308 g/mol. The lowest BCUT2D eigenvalue weighted by atomic mass is 10.2. The fourth-order valence-electron chi connectivity index (χ4n) is 2.76. The number of aromatic nitrogens is 3. The third kappa shape index (κ3) is 3.91. The summed E-state index contributed by atoms with van der Waals surface area (Å²) in [6.45, 7) is 7.90. The van der Waals surface area contributed by atoms with Crippen molar-refractivity contribution in [3.63, 3.8) is 0 Å². The molecule has 3 heterocycles. The lowest BCUT2D eigenvalue weighted by Crippen LogP contribution is -2.46. The smallest absolute Gasteiger partial charge is 0.246 e. The molecule has 0 bridgehead atoms. The van der Waals surface area contributed by atoms with Crippen molar-refractivity contribution in [3.8, 4) is 0 Å². The van der Waals surface area contributed by atoms with Crippen LogP contribution in [0.15, 0.2) is 22.6 Å². The van der Waals surface area contributed by atoms with Crippen molar-refractivity contribution in [2.24, 2.45) is 0 Å². The first kappa shape index (κ1) is 16.4. The summed E-state index contributed by atoms with van der Waals surface area (Å²) in [6, 6.07) is 3.72. The zero-order valence-corrected chi connectivity index (χ0v) is 14.2. The minimum absolute atomic E-state index is 0.0381. The Kier molecular flexibility index (Phi) is 4.80. The zero-order valence-electron chi connectivity index (χ0n) is 14.2. The van der Waals surface area contributed by atoms with Gasteiger partial charge in [-0.3, -0.25) is 4.79 Å². The maximum Gasteiger partial charge on any atom is 0.246 e. The van der Waals surface area contributed by atoms with Gasteiger partial charge in [-0.1, -0.05) is 0 Å². The number of hydrogen-bond donors (Lipinski definition) is 0. The maximum absolute atomic E-state index is 12.4. The molecule has 0 aliphatic carbocycles. The lowest BCUT2D eigenvalue weighted by molar-refractivity contribution is -0.134. The predicted molar refractivity (Wildman–Crippen MR) is 88.3 cm³/mol. The van der Waals surface area contributed by atoms with Crippen LogP contribution in [0.25, 0.3) is 6.08 Å². The van der Waals surface area contributed by atoms with E-state index in [4.69, 9.17) is 9.15 Å². The Balaban J connectivity index is 1.59. The van der Waals surface area contributed by atoms with E-state index in [2.05, 4.69) is 10.1 Å². The van der Waals surface area contributed by atoms with Crippen LogP contribution in [0.1, 0.15) is 23.2 Å². The first-order chi connectivity index (χ1) is 11.5. The Labute approximate surface area is 140 Å². The predicted octanol–water partition coefficient (Wildman–Crippen LogP) is 1.74. The zero-order chi connectivity index (χ0) is 17.1. The molecule has 1 aliphatic heterocycles. The van der Waals surface area contributed by atoms with Crippen LogP contribution in [0.4, 0.5) is 0 Å². The first-order valence-electron chi connectivity index (χ1n) is 8.04. The van der Waals surface area contributed by atoms with Crippen molar-refractivity contribution >= 4 is 12.0 Å². The highest BCUT2D eigenvalue weighted by molar-refractivity contribution is 5.91. The number of nitrogens with zero attached hydrogens (tertiary/aromatic N) is 4. The molecule has 3 rings (SSSR count). The topological polar surface area (TPSA) is 73.4 Å². The van der Waals surface area contributed by atoms with Crippen LogP contribution >= 0.6 is 0 Å². The van der Waals surface area contributed by atoms with E-state index in [0.717, 1.165) is 17.4 Å². The van der Waals surface area contributed by atoms with Gasteiger partial charge in [0, 0.05) is 19.2 Å². The van der Waals surface area contributed by atoms with Crippen molar-refractivity contribution in [2.75, 3.05) is 19.7 Å². The standard InChI is InChI=1S/C17H22N4O3/c1-12-4-5-15(24-12)6-7-17(22)20-8-9-23-16(10-20)11-21-14(3)18-13(2)19-21/h4-7,16H,8-11H2,1-3H3/b7-6-/t16-/m1/s1. The van der Waals surface area contributed by atoms with Gasteiger partial charge >= 0.3 is 0 Å². The van der Waals surface area contributed by atoms with Crippen LogP contribution in [0.2, 0.25) is 0 Å². The molecule has 0 unspecified atom stereocenters. The number of carbonyl (C=O) groups is 1. The summed E-state index contributed by atoms with van der Waals surface area (Å²) in [7, 11) is 0. The molecule has 1 saturated heterocycles. The molecule has 0 spiro atoms. The molecule has 1 fully saturated rings. The number of rotatable bonds is 4. The summed E-state index contributed by atoms with van der Waals surface area (Å²) in [5.74, 6) is 3.07. The van der Waals surface area contributed by atoms with Crippen molar-refractivity contribution in [3.05, 3.63) is 41.4 Å². The van der Waals surface area contributed by atoms with Gasteiger partial charge in [0.1, 0.15) is 23.2 Å². The van der Waals surface area contributed by atoms with Crippen molar-refractivity contribution in [1.29, 1.82) is 0 Å². The molecule has 7 nitrogen and oxygen atoms in total. The molecule has 7 heteroatoms. The van der Waals surface area contributed by atoms with Gasteiger partial charge in [-0.25, -0.2) is 9.67 Å². The highest BCUT2D eigenvalue weighted by Crippen LogP contribution is 2.11. The maximum atomic E-state index is 12.4. The second-order valence-corrected chi connectivity index (χ2v) is 5.95. The van der Waals surface area contributed by atoms with E-state index < -0.39 is 0 Å². The average molecular weight is 330 g/mol. The molecule has 1 aliphatic rings. The highest BCUT2D eigenvalue weighted by Gasteiger charge is 2.24. The molecule has 0 radical (unpaired) electrons. The monoisotopic (exact) mass is 330 g/mol. The Bertz CT molecular complexity index is 747. The fraction of sp³-hybridized carbons (Fsp3) is 0.471. The molecule has 128 valence electrons. The number of ether oxygens (including phenoxy) is 1. The lowest BCUT2D eigenvalue weighted by Gasteiger charge is -2.32. The van der Waals surface area contributed by atoms with Gasteiger partial charge in [0.2, 0.25) is 5.91 Å². The van der Waals surface area contributed by atoms with Crippen molar-refractivity contribution in [1.82, 2.24) is 19.7 Å². The summed E-state index contributed by atoms with van der Waals surface area (Å²) in [5, 5.41) is 4.35. The van der Waals surface area contributed by atoms with Gasteiger partial charge < -0.3 is 14.1 Å². The molecular formula is C17H22N4O3. The number of aryl methyl sites for hydroxylation is 3. The van der Waals surface area contributed by atoms with Gasteiger partial charge in [-0.2, -0.15) is 5.10 Å². The Morgan fingerprint density at radius 2 is 2.21 bits per heavy atom. The second kappa shape index (κ2) is 7.00. The summed E-state index contributed by atoms with van der Waals surface area (Å²) in [4.78, 5) is 18.4. The minimum atomic E-state index is -0.0817. The van der Waals surface area contributed by atoms with E-state index in [1.807, 2.05) is 37.6 Å². The average Bonchev–Trinajstić information content (AvgIpc) is 3.10. The molecule has 0 N–H and O–H groups in total. The van der Waals surface area contributed by atoms with Gasteiger partial charge in [0.25, 0.3) is 0 Å². The number of furan rings is 1. The molecule has 1 atom stereocenters. The number of morpholine rings is 1. The van der Waals surface area contributed by atoms with Crippen molar-refractivity contribution < 1.29 is 13.9 Å². The third-order valence-corrected chi connectivity index (χ3v) is 3.94. The largest absolute Gasteiger partial charge is 0.462 e. The van der Waals surface area contributed by atoms with Gasteiger partial charge in [-0.15, -0.1) is 0 Å². The number of amides is 1. The van der Waals surface area contributed by atoms with E-state index in [1.165, 1.54) is 0 Å². The van der Waals surface area contributed by atoms with Gasteiger partial charge in [-0.05, 0) is 39.0 Å². The van der Waals surface area contributed by atoms with E-state index in [-0.39, 0.29) is 12.0 Å². The van der Waals surface area contributed by atoms with Crippen LogP contribution in [-0.2, 0) is 16.1 Å².